The number of carbonyl (C=O) groups is 1. The minimum absolute atomic E-state index is 0.165. The van der Waals surface area contributed by atoms with Crippen LogP contribution in [0.15, 0.2) is 18.5 Å². The van der Waals surface area contributed by atoms with E-state index in [0.29, 0.717) is 24.2 Å². The number of anilines is 1. The highest BCUT2D eigenvalue weighted by Crippen LogP contribution is 2.16. The summed E-state index contributed by atoms with van der Waals surface area (Å²) >= 11 is 5.70. The molecule has 0 saturated carbocycles. The van der Waals surface area contributed by atoms with Gasteiger partial charge in [-0.05, 0) is 6.92 Å². The molecule has 0 amide bonds. The normalized spacial score (nSPS) is 10.4. The van der Waals surface area contributed by atoms with Gasteiger partial charge in [-0.25, -0.2) is 9.97 Å². The van der Waals surface area contributed by atoms with Crippen LogP contribution in [0, 0.1) is 0 Å². The van der Waals surface area contributed by atoms with Crippen molar-refractivity contribution in [3.63, 3.8) is 0 Å². The molecule has 0 radical (unpaired) electrons. The predicted molar refractivity (Wildman–Crippen MR) is 55.7 cm³/mol. The molecular formula is C9H10ClN3O. The van der Waals surface area contributed by atoms with E-state index >= 15 is 0 Å². The van der Waals surface area contributed by atoms with E-state index in [2.05, 4.69) is 15.3 Å². The van der Waals surface area contributed by atoms with Gasteiger partial charge >= 0.3 is 0 Å². The van der Waals surface area contributed by atoms with E-state index in [0.717, 1.165) is 0 Å². The minimum atomic E-state index is 0.165. The molecule has 0 bridgehead atoms. The molecule has 4 nitrogen and oxygen atoms in total. The lowest BCUT2D eigenvalue weighted by Gasteiger charge is -2.04. The molecule has 1 heterocycles. The van der Waals surface area contributed by atoms with Crippen molar-refractivity contribution in [3.8, 4) is 0 Å². The smallest absolute Gasteiger partial charge is 0.156 e. The molecule has 14 heavy (non-hydrogen) atoms. The van der Waals surface area contributed by atoms with Gasteiger partial charge in [0.15, 0.2) is 6.29 Å². The lowest BCUT2D eigenvalue weighted by molar-refractivity contribution is 0.112. The van der Waals surface area contributed by atoms with Crippen LogP contribution in [0.1, 0.15) is 17.3 Å². The van der Waals surface area contributed by atoms with Crippen molar-refractivity contribution in [2.24, 2.45) is 0 Å². The van der Waals surface area contributed by atoms with Crippen molar-refractivity contribution in [1.82, 2.24) is 9.97 Å². The Labute approximate surface area is 87.0 Å². The molecule has 1 rings (SSSR count). The summed E-state index contributed by atoms with van der Waals surface area (Å²) in [7, 11) is 0. The van der Waals surface area contributed by atoms with Gasteiger partial charge in [0, 0.05) is 6.54 Å². The SMILES string of the molecule is C/C=C/CNc1ncnc(Cl)c1C=O. The second kappa shape index (κ2) is 5.34. The highest BCUT2D eigenvalue weighted by Gasteiger charge is 2.06. The van der Waals surface area contributed by atoms with Crippen LogP contribution in [0.2, 0.25) is 5.15 Å². The zero-order valence-corrected chi connectivity index (χ0v) is 8.45. The second-order valence-corrected chi connectivity index (χ2v) is 2.85. The first kappa shape index (κ1) is 10.7. The average Bonchev–Trinajstić information content (AvgIpc) is 2.18. The standard InChI is InChI=1S/C9H10ClN3O/c1-2-3-4-11-9-7(5-14)8(10)12-6-13-9/h2-3,5-6H,4H2,1H3,(H,11,12,13)/b3-2+. The number of allylic oxidation sites excluding steroid dienone is 1. The molecule has 0 saturated heterocycles. The van der Waals surface area contributed by atoms with Crippen LogP contribution in [0.5, 0.6) is 0 Å². The second-order valence-electron chi connectivity index (χ2n) is 2.49. The van der Waals surface area contributed by atoms with E-state index in [1.54, 1.807) is 0 Å². The van der Waals surface area contributed by atoms with E-state index in [-0.39, 0.29) is 5.15 Å². The Morgan fingerprint density at radius 3 is 3.00 bits per heavy atom. The third kappa shape index (κ3) is 2.53. The minimum Gasteiger partial charge on any atom is -0.366 e. The number of rotatable bonds is 4. The molecule has 1 aromatic rings. The summed E-state index contributed by atoms with van der Waals surface area (Å²) in [5, 5.41) is 3.12. The molecule has 0 aliphatic rings. The Kier molecular flexibility index (Phi) is 4.07. The van der Waals surface area contributed by atoms with E-state index < -0.39 is 0 Å². The van der Waals surface area contributed by atoms with Crippen LogP contribution in [-0.4, -0.2) is 22.8 Å². The maximum atomic E-state index is 10.7. The van der Waals surface area contributed by atoms with Crippen molar-refractivity contribution in [3.05, 3.63) is 29.2 Å². The van der Waals surface area contributed by atoms with Crippen LogP contribution in [0.25, 0.3) is 0 Å². The van der Waals surface area contributed by atoms with Gasteiger partial charge in [-0.15, -0.1) is 0 Å². The largest absolute Gasteiger partial charge is 0.366 e. The van der Waals surface area contributed by atoms with Crippen LogP contribution < -0.4 is 5.32 Å². The molecule has 0 spiro atoms. The molecule has 0 unspecified atom stereocenters. The number of carbonyl (C=O) groups excluding carboxylic acids is 1. The third-order valence-electron chi connectivity index (χ3n) is 1.58. The quantitative estimate of drug-likeness (QED) is 0.470. The number of aldehydes is 1. The van der Waals surface area contributed by atoms with Gasteiger partial charge in [-0.2, -0.15) is 0 Å². The topological polar surface area (TPSA) is 54.9 Å². The molecule has 74 valence electrons. The predicted octanol–water partition coefficient (Wildman–Crippen LogP) is 1.93. The lowest BCUT2D eigenvalue weighted by Crippen LogP contribution is -2.05. The molecule has 5 heteroatoms. The van der Waals surface area contributed by atoms with Gasteiger partial charge in [0.05, 0.1) is 5.56 Å². The first-order valence-electron chi connectivity index (χ1n) is 4.10. The van der Waals surface area contributed by atoms with Crippen LogP contribution in [0.3, 0.4) is 0 Å². The summed E-state index contributed by atoms with van der Waals surface area (Å²) in [5.41, 5.74) is 0.290. The fourth-order valence-electron chi connectivity index (χ4n) is 0.893. The van der Waals surface area contributed by atoms with Gasteiger partial charge < -0.3 is 5.32 Å². The van der Waals surface area contributed by atoms with Crippen molar-refractivity contribution < 1.29 is 4.79 Å². The van der Waals surface area contributed by atoms with Gasteiger partial charge in [0.2, 0.25) is 0 Å². The molecule has 0 aliphatic carbocycles. The summed E-state index contributed by atoms with van der Waals surface area (Å²) in [4.78, 5) is 18.3. The van der Waals surface area contributed by atoms with Crippen molar-refractivity contribution >= 4 is 23.7 Å². The van der Waals surface area contributed by atoms with Crippen LogP contribution >= 0.6 is 11.6 Å². The van der Waals surface area contributed by atoms with Gasteiger partial charge in [-0.1, -0.05) is 23.8 Å². The molecule has 0 aromatic carbocycles. The number of halogens is 1. The number of nitrogens with one attached hydrogen (secondary N) is 1. The zero-order valence-electron chi connectivity index (χ0n) is 7.70. The van der Waals surface area contributed by atoms with Gasteiger partial charge in [-0.3, -0.25) is 4.79 Å². The van der Waals surface area contributed by atoms with E-state index in [9.17, 15) is 4.79 Å². The Morgan fingerprint density at radius 1 is 1.57 bits per heavy atom. The zero-order chi connectivity index (χ0) is 10.4. The highest BCUT2D eigenvalue weighted by atomic mass is 35.5. The molecule has 1 N–H and O–H groups in total. The maximum Gasteiger partial charge on any atom is 0.156 e. The Balaban J connectivity index is 2.85. The maximum absolute atomic E-state index is 10.7. The van der Waals surface area contributed by atoms with Crippen LogP contribution in [0.4, 0.5) is 5.82 Å². The van der Waals surface area contributed by atoms with Crippen molar-refractivity contribution in [1.29, 1.82) is 0 Å². The Morgan fingerprint density at radius 2 is 2.36 bits per heavy atom. The fraction of sp³-hybridized carbons (Fsp3) is 0.222. The molecule has 0 aliphatic heterocycles. The van der Waals surface area contributed by atoms with Crippen molar-refractivity contribution in [2.45, 2.75) is 6.92 Å². The number of aromatic nitrogens is 2. The fourth-order valence-corrected chi connectivity index (χ4v) is 1.07. The first-order chi connectivity index (χ1) is 6.79. The molecule has 0 fully saturated rings. The number of hydrogen-bond acceptors (Lipinski definition) is 4. The van der Waals surface area contributed by atoms with Gasteiger partial charge in [0.1, 0.15) is 17.3 Å². The average molecular weight is 212 g/mol. The monoisotopic (exact) mass is 211 g/mol. The van der Waals surface area contributed by atoms with Crippen molar-refractivity contribution in [2.75, 3.05) is 11.9 Å². The van der Waals surface area contributed by atoms with Gasteiger partial charge in [0.25, 0.3) is 0 Å². The van der Waals surface area contributed by atoms with E-state index in [4.69, 9.17) is 11.6 Å². The Bertz CT molecular complexity index is 352. The summed E-state index contributed by atoms with van der Waals surface area (Å²) < 4.78 is 0. The lowest BCUT2D eigenvalue weighted by atomic mass is 10.3. The third-order valence-corrected chi connectivity index (χ3v) is 1.88. The van der Waals surface area contributed by atoms with E-state index in [1.807, 2.05) is 19.1 Å². The summed E-state index contributed by atoms with van der Waals surface area (Å²) in [6.45, 7) is 2.51. The van der Waals surface area contributed by atoms with Crippen LogP contribution in [-0.2, 0) is 0 Å². The first-order valence-corrected chi connectivity index (χ1v) is 4.48. The number of hydrogen-bond donors (Lipinski definition) is 1. The summed E-state index contributed by atoms with van der Waals surface area (Å²) in [5.74, 6) is 0.457. The highest BCUT2D eigenvalue weighted by molar-refractivity contribution is 6.32. The number of nitrogens with zero attached hydrogens (tertiary/aromatic N) is 2. The Hall–Kier alpha value is -1.42. The molecular weight excluding hydrogens is 202 g/mol. The molecule has 1 aromatic heterocycles. The molecule has 0 atom stereocenters. The summed E-state index contributed by atoms with van der Waals surface area (Å²) in [6, 6.07) is 0. The summed E-state index contributed by atoms with van der Waals surface area (Å²) in [6.07, 6.45) is 5.76. The van der Waals surface area contributed by atoms with E-state index in [1.165, 1.54) is 6.33 Å².